The molecule has 4 rings (SSSR count). The minimum Gasteiger partial charge on any atom is -0.490 e. The average Bonchev–Trinajstić information content (AvgIpc) is 3.39. The Morgan fingerprint density at radius 3 is 2.79 bits per heavy atom. The lowest BCUT2D eigenvalue weighted by atomic mass is 9.91. The largest absolute Gasteiger partial charge is 0.490 e. The lowest BCUT2D eigenvalue weighted by Gasteiger charge is -2.30. The number of hydrogen-bond acceptors (Lipinski definition) is 9. The summed E-state index contributed by atoms with van der Waals surface area (Å²) in [7, 11) is 0. The van der Waals surface area contributed by atoms with Crippen LogP contribution in [0.3, 0.4) is 0 Å². The molecule has 0 atom stereocenters. The van der Waals surface area contributed by atoms with Gasteiger partial charge in [-0.2, -0.15) is 10.2 Å². The first-order valence-corrected chi connectivity index (χ1v) is 12.2. The van der Waals surface area contributed by atoms with Gasteiger partial charge in [0.15, 0.2) is 0 Å². The van der Waals surface area contributed by atoms with Crippen molar-refractivity contribution >= 4 is 12.4 Å². The van der Waals surface area contributed by atoms with Crippen LogP contribution < -0.4 is 10.1 Å². The van der Waals surface area contributed by atoms with E-state index in [0.29, 0.717) is 48.2 Å². The van der Waals surface area contributed by atoms with E-state index in [9.17, 15) is 10.1 Å². The van der Waals surface area contributed by atoms with Gasteiger partial charge in [0.05, 0.1) is 24.8 Å². The van der Waals surface area contributed by atoms with E-state index in [2.05, 4.69) is 21.5 Å². The number of nitrogens with one attached hydrogen (secondary N) is 1. The number of carbonyl (C=O) groups excluding carboxylic acids is 1. The maximum absolute atomic E-state index is 12.4. The number of aliphatic hydroxyl groups is 1. The molecule has 1 aromatic heterocycles. The van der Waals surface area contributed by atoms with E-state index < -0.39 is 0 Å². The standard InChI is InChI=1S/C26H29N5O4.CH2O2/c1-16(2)34-23-7-5-18(12-20(23)13-27)26-29-25(30-35-26)22-6-4-19-15-31(10-8-21(19)17(22)3)24(33)14-28-9-11-32;2-1-3/h4-7,12,16,28,32H,8-11,14-15H2,1-3H3;1H,(H,2,3). The first kappa shape index (κ1) is 28.3. The molecular weight excluding hydrogens is 490 g/mol. The first-order valence-electron chi connectivity index (χ1n) is 12.2. The summed E-state index contributed by atoms with van der Waals surface area (Å²) in [5.74, 6) is 1.35. The van der Waals surface area contributed by atoms with Crippen molar-refractivity contribution in [2.24, 2.45) is 0 Å². The summed E-state index contributed by atoms with van der Waals surface area (Å²) < 4.78 is 11.2. The SMILES string of the molecule is Cc1c(-c2noc(-c3ccc(OC(C)C)c(C#N)c3)n2)ccc2c1CCN(C(=O)CNCCO)C2.O=CO. The summed E-state index contributed by atoms with van der Waals surface area (Å²) in [6.07, 6.45) is 0.706. The Labute approximate surface area is 220 Å². The van der Waals surface area contributed by atoms with E-state index in [1.54, 1.807) is 18.2 Å². The van der Waals surface area contributed by atoms with Crippen molar-refractivity contribution < 1.29 is 29.1 Å². The molecule has 3 aromatic rings. The number of carbonyl (C=O) groups is 2. The lowest BCUT2D eigenvalue weighted by Crippen LogP contribution is -2.41. The van der Waals surface area contributed by atoms with Crippen LogP contribution in [-0.2, 0) is 22.6 Å². The van der Waals surface area contributed by atoms with Gasteiger partial charge < -0.3 is 29.7 Å². The maximum Gasteiger partial charge on any atom is 0.290 e. The molecule has 200 valence electrons. The summed E-state index contributed by atoms with van der Waals surface area (Å²) in [4.78, 5) is 27.2. The van der Waals surface area contributed by atoms with E-state index >= 15 is 0 Å². The summed E-state index contributed by atoms with van der Waals surface area (Å²) in [5, 5.41) is 32.4. The molecule has 11 heteroatoms. The van der Waals surface area contributed by atoms with Gasteiger partial charge in [0.1, 0.15) is 11.8 Å². The second-order valence-corrected chi connectivity index (χ2v) is 8.86. The molecule has 3 N–H and O–H groups in total. The Kier molecular flexibility index (Phi) is 9.92. The Morgan fingerprint density at radius 1 is 1.34 bits per heavy atom. The molecule has 0 fully saturated rings. The fraction of sp³-hybridized carbons (Fsp3) is 0.370. The second-order valence-electron chi connectivity index (χ2n) is 8.86. The van der Waals surface area contributed by atoms with E-state index in [-0.39, 0.29) is 31.6 Å². The van der Waals surface area contributed by atoms with Crippen molar-refractivity contribution in [1.29, 1.82) is 5.26 Å². The molecule has 0 spiro atoms. The molecule has 2 heterocycles. The maximum atomic E-state index is 12.4. The van der Waals surface area contributed by atoms with E-state index in [1.807, 2.05) is 37.8 Å². The zero-order valence-electron chi connectivity index (χ0n) is 21.6. The average molecular weight is 522 g/mol. The molecule has 38 heavy (non-hydrogen) atoms. The Hall–Kier alpha value is -4.27. The van der Waals surface area contributed by atoms with Crippen molar-refractivity contribution in [3.63, 3.8) is 0 Å². The van der Waals surface area contributed by atoms with Crippen LogP contribution in [0, 0.1) is 18.3 Å². The third-order valence-electron chi connectivity index (χ3n) is 5.98. The number of nitriles is 1. The molecule has 11 nitrogen and oxygen atoms in total. The van der Waals surface area contributed by atoms with Crippen molar-refractivity contribution in [1.82, 2.24) is 20.4 Å². The highest BCUT2D eigenvalue weighted by Gasteiger charge is 2.24. The smallest absolute Gasteiger partial charge is 0.290 e. The number of carboxylic acid groups (broad SMARTS) is 1. The molecule has 0 radical (unpaired) electrons. The normalized spacial score (nSPS) is 12.3. The van der Waals surface area contributed by atoms with Crippen molar-refractivity contribution in [3.05, 3.63) is 52.6 Å². The summed E-state index contributed by atoms with van der Waals surface area (Å²) in [5.41, 5.74) is 5.31. The van der Waals surface area contributed by atoms with Crippen molar-refractivity contribution in [2.75, 3.05) is 26.2 Å². The molecule has 0 unspecified atom stereocenters. The van der Waals surface area contributed by atoms with Crippen LogP contribution in [0.25, 0.3) is 22.8 Å². The minimum absolute atomic E-state index is 0.00717. The highest BCUT2D eigenvalue weighted by molar-refractivity contribution is 5.79. The number of amides is 1. The van der Waals surface area contributed by atoms with Crippen molar-refractivity contribution in [2.45, 2.75) is 39.8 Å². The molecule has 1 aliphatic heterocycles. The summed E-state index contributed by atoms with van der Waals surface area (Å²) >= 11 is 0. The molecule has 1 aliphatic rings. The fourth-order valence-electron chi connectivity index (χ4n) is 4.24. The quantitative estimate of drug-likeness (QED) is 0.297. The highest BCUT2D eigenvalue weighted by atomic mass is 16.5. The number of ether oxygens (including phenoxy) is 1. The van der Waals surface area contributed by atoms with Crippen LogP contribution in [0.1, 0.15) is 36.1 Å². The molecule has 0 bridgehead atoms. The second kappa shape index (κ2) is 13.3. The Morgan fingerprint density at radius 2 is 2.11 bits per heavy atom. The van der Waals surface area contributed by atoms with Crippen LogP contribution in [0.5, 0.6) is 5.75 Å². The molecule has 0 aliphatic carbocycles. The molecule has 0 saturated heterocycles. The topological polar surface area (TPSA) is 162 Å². The van der Waals surface area contributed by atoms with Crippen LogP contribution in [0.2, 0.25) is 0 Å². The van der Waals surface area contributed by atoms with Crippen LogP contribution >= 0.6 is 0 Å². The number of fused-ring (bicyclic) bond motifs is 1. The van der Waals surface area contributed by atoms with Gasteiger partial charge in [-0.05, 0) is 62.1 Å². The minimum atomic E-state index is -0.250. The highest BCUT2D eigenvalue weighted by Crippen LogP contribution is 2.32. The van der Waals surface area contributed by atoms with E-state index in [4.69, 9.17) is 24.3 Å². The van der Waals surface area contributed by atoms with Gasteiger partial charge >= 0.3 is 0 Å². The molecule has 0 saturated carbocycles. The van der Waals surface area contributed by atoms with Gasteiger partial charge in [0.2, 0.25) is 11.7 Å². The number of rotatable bonds is 8. The van der Waals surface area contributed by atoms with Crippen LogP contribution in [0.15, 0.2) is 34.9 Å². The third kappa shape index (κ3) is 6.73. The number of hydrogen-bond donors (Lipinski definition) is 3. The van der Waals surface area contributed by atoms with Gasteiger partial charge in [-0.15, -0.1) is 0 Å². The number of nitrogens with zero attached hydrogens (tertiary/aromatic N) is 4. The number of aromatic nitrogens is 2. The monoisotopic (exact) mass is 521 g/mol. The van der Waals surface area contributed by atoms with Gasteiger partial charge in [-0.25, -0.2) is 0 Å². The molecular formula is C27H31N5O6. The molecule has 1 amide bonds. The number of benzene rings is 2. The molecule has 2 aromatic carbocycles. The lowest BCUT2D eigenvalue weighted by molar-refractivity contribution is -0.131. The van der Waals surface area contributed by atoms with Gasteiger partial charge in [-0.1, -0.05) is 17.3 Å². The van der Waals surface area contributed by atoms with Crippen LogP contribution in [0.4, 0.5) is 0 Å². The van der Waals surface area contributed by atoms with Gasteiger partial charge in [0.25, 0.3) is 12.4 Å². The predicted octanol–water partition coefficient (Wildman–Crippen LogP) is 2.54. The summed E-state index contributed by atoms with van der Waals surface area (Å²) in [6, 6.07) is 11.4. The summed E-state index contributed by atoms with van der Waals surface area (Å²) in [6.45, 7) is 7.42. The Bertz CT molecular complexity index is 1310. The van der Waals surface area contributed by atoms with Gasteiger partial charge in [-0.3, -0.25) is 9.59 Å². The number of aliphatic hydroxyl groups excluding tert-OH is 1. The zero-order valence-corrected chi connectivity index (χ0v) is 21.6. The predicted molar refractivity (Wildman–Crippen MR) is 138 cm³/mol. The zero-order chi connectivity index (χ0) is 27.7. The third-order valence-corrected chi connectivity index (χ3v) is 5.98. The van der Waals surface area contributed by atoms with Crippen LogP contribution in [-0.4, -0.2) is 70.0 Å². The Balaban J connectivity index is 0.00000127. The van der Waals surface area contributed by atoms with E-state index in [1.165, 1.54) is 5.56 Å². The fourth-order valence-corrected chi connectivity index (χ4v) is 4.24. The van der Waals surface area contributed by atoms with Gasteiger partial charge in [0, 0.05) is 30.8 Å². The van der Waals surface area contributed by atoms with E-state index in [0.717, 1.165) is 23.1 Å². The van der Waals surface area contributed by atoms with Crippen molar-refractivity contribution in [3.8, 4) is 34.7 Å². The first-order chi connectivity index (χ1) is 18.3.